The molecule has 0 bridgehead atoms. The second-order valence-corrected chi connectivity index (χ2v) is 23.1. The molecule has 6 heteroatoms. The molecule has 0 radical (unpaired) electrons. The van der Waals surface area contributed by atoms with Crippen molar-refractivity contribution in [2.45, 2.75) is 92.4 Å². The van der Waals surface area contributed by atoms with Crippen LogP contribution in [0.3, 0.4) is 0 Å². The summed E-state index contributed by atoms with van der Waals surface area (Å²) in [5.74, 6) is 2.10. The zero-order chi connectivity index (χ0) is 55.8. The summed E-state index contributed by atoms with van der Waals surface area (Å²) in [5.41, 5.74) is 14.7. The van der Waals surface area contributed by atoms with E-state index >= 15 is 0 Å². The Hall–Kier alpha value is -8.09. The number of hydrogen-bond donors (Lipinski definition) is 0. The lowest BCUT2D eigenvalue weighted by Gasteiger charge is -2.31. The lowest BCUT2D eigenvalue weighted by atomic mass is 9.78. The van der Waals surface area contributed by atoms with E-state index in [1.54, 1.807) is 0 Å². The third-order valence-electron chi connectivity index (χ3n) is 14.9. The predicted molar refractivity (Wildman–Crippen MR) is 311 cm³/mol. The third-order valence-corrected chi connectivity index (χ3v) is 14.9. The molecule has 6 nitrogen and oxygen atoms in total. The van der Waals surface area contributed by atoms with Gasteiger partial charge in [-0.1, -0.05) is 153 Å². The first-order valence-electron chi connectivity index (χ1n) is 28.1. The minimum Gasteiger partial charge on any atom is -0.457 e. The Labute approximate surface area is 442 Å². The Balaban J connectivity index is 1.01. The molecule has 11 aromatic rings. The van der Waals surface area contributed by atoms with Crippen molar-refractivity contribution >= 4 is 66.5 Å². The van der Waals surface area contributed by atoms with E-state index in [1.807, 2.05) is 61.7 Å². The van der Waals surface area contributed by atoms with Crippen LogP contribution >= 0.6 is 0 Å². The van der Waals surface area contributed by atoms with Gasteiger partial charge >= 0.3 is 0 Å². The average molecular weight is 974 g/mol. The van der Waals surface area contributed by atoms with Crippen molar-refractivity contribution in [3.05, 3.63) is 204 Å². The number of para-hydroxylation sites is 3. The van der Waals surface area contributed by atoms with E-state index in [0.29, 0.717) is 23.7 Å². The van der Waals surface area contributed by atoms with Gasteiger partial charge in [0.15, 0.2) is 0 Å². The standard InChI is InChI=1S/C68H64N4O2/c1-42-34-43(2)62(45-35-47(67(6,7)8)37-48(36-45)68(9,10)11)64(61(42)44-20-13-12-14-21-44)71-41-70(55-25-16-17-26-56(55)71)49-22-19-23-50(39-49)73-51-28-29-54-58(40-51)72(60-38-46(32-33-69-60)66(3,4)5)57-31-30-53-52-24-15-18-27-59(52)74-65(53)63(54)57/h12-40H,41H2,1-11H3/i12D,13D,14D,20D,21D. The normalized spacial score (nSPS) is 14.2. The molecule has 12 rings (SSSR count). The van der Waals surface area contributed by atoms with Crippen LogP contribution in [0.2, 0.25) is 0 Å². The molecule has 0 N–H and O–H groups in total. The predicted octanol–water partition coefficient (Wildman–Crippen LogP) is 19.0. The number of aryl methyl sites for hydroxylation is 2. The number of furan rings is 1. The largest absolute Gasteiger partial charge is 0.457 e. The van der Waals surface area contributed by atoms with Crippen molar-refractivity contribution in [3.8, 4) is 39.6 Å². The Morgan fingerprint density at radius 3 is 1.91 bits per heavy atom. The fourth-order valence-corrected chi connectivity index (χ4v) is 11.0. The zero-order valence-corrected chi connectivity index (χ0v) is 44.2. The van der Waals surface area contributed by atoms with Gasteiger partial charge in [-0.05, 0) is 136 Å². The Morgan fingerprint density at radius 2 is 1.19 bits per heavy atom. The molecule has 0 aliphatic carbocycles. The monoisotopic (exact) mass is 974 g/mol. The first kappa shape index (κ1) is 41.4. The molecular formula is C68H64N4O2. The van der Waals surface area contributed by atoms with Crippen LogP contribution in [0, 0.1) is 13.8 Å². The number of ether oxygens (including phenoxy) is 1. The van der Waals surface area contributed by atoms with Crippen molar-refractivity contribution in [2.24, 2.45) is 0 Å². The maximum atomic E-state index is 9.42. The molecule has 1 aliphatic heterocycles. The van der Waals surface area contributed by atoms with Gasteiger partial charge in [0.1, 0.15) is 35.2 Å². The van der Waals surface area contributed by atoms with E-state index < -0.39 is 6.04 Å². The minimum absolute atomic E-state index is 0.100. The molecule has 0 saturated heterocycles. The second-order valence-electron chi connectivity index (χ2n) is 23.1. The Bertz CT molecular complexity index is 4260. The van der Waals surface area contributed by atoms with Gasteiger partial charge in [-0.3, -0.25) is 4.57 Å². The Morgan fingerprint density at radius 1 is 0.541 bits per heavy atom. The average Bonchev–Trinajstić information content (AvgIpc) is 4.31. The highest BCUT2D eigenvalue weighted by Crippen LogP contribution is 2.53. The van der Waals surface area contributed by atoms with Crippen molar-refractivity contribution in [1.29, 1.82) is 0 Å². The van der Waals surface area contributed by atoms with Crippen LogP contribution in [0.5, 0.6) is 11.5 Å². The summed E-state index contributed by atoms with van der Waals surface area (Å²) in [6, 6.07) is 46.7. The lowest BCUT2D eigenvalue weighted by molar-refractivity contribution is 0.483. The third kappa shape index (κ3) is 7.99. The molecule has 0 fully saturated rings. The minimum atomic E-state index is -0.424. The molecule has 1 aliphatic rings. The first-order valence-corrected chi connectivity index (χ1v) is 25.6. The number of nitrogens with zero attached hydrogens (tertiary/aromatic N) is 4. The van der Waals surface area contributed by atoms with Gasteiger partial charge in [0.25, 0.3) is 0 Å². The van der Waals surface area contributed by atoms with Crippen LogP contribution < -0.4 is 14.5 Å². The lowest BCUT2D eigenvalue weighted by Crippen LogP contribution is -2.25. The number of aromatic nitrogens is 2. The Kier molecular flexibility index (Phi) is 9.66. The van der Waals surface area contributed by atoms with Crippen LogP contribution in [-0.2, 0) is 16.2 Å². The molecule has 0 saturated carbocycles. The van der Waals surface area contributed by atoms with Gasteiger partial charge < -0.3 is 19.0 Å². The van der Waals surface area contributed by atoms with Gasteiger partial charge in [-0.2, -0.15) is 0 Å². The van der Waals surface area contributed by atoms with Gasteiger partial charge in [0.2, 0.25) is 0 Å². The van der Waals surface area contributed by atoms with Crippen molar-refractivity contribution < 1.29 is 16.0 Å². The number of hydrogen-bond acceptors (Lipinski definition) is 5. The summed E-state index contributed by atoms with van der Waals surface area (Å²) in [7, 11) is 0. The second kappa shape index (κ2) is 17.3. The number of rotatable bonds is 7. The van der Waals surface area contributed by atoms with Crippen molar-refractivity contribution in [3.63, 3.8) is 0 Å². The molecule has 0 unspecified atom stereocenters. The van der Waals surface area contributed by atoms with E-state index in [2.05, 4.69) is 175 Å². The molecular weight excluding hydrogens is 905 g/mol. The van der Waals surface area contributed by atoms with Crippen molar-refractivity contribution in [2.75, 3.05) is 16.5 Å². The summed E-state index contributed by atoms with van der Waals surface area (Å²) in [4.78, 5) is 9.50. The fraction of sp³-hybridized carbons (Fsp3) is 0.221. The van der Waals surface area contributed by atoms with Gasteiger partial charge in [-0.15, -0.1) is 0 Å². The quantitative estimate of drug-likeness (QED) is 0.159. The first-order chi connectivity index (χ1) is 37.5. The zero-order valence-electron chi connectivity index (χ0n) is 49.2. The SMILES string of the molecule is [2H]c1c([2H])c([2H])c(-c2c(C)cc(C)c(-c3cc(C(C)(C)C)cc(C(C)(C)C)c3)c2N2CN(c3cccc(Oc4ccc5c6c7oc8ccccc8c7ccc6n(-c6cc(C(C)(C)C)ccn6)c5c4)c3)c3ccccc32)c([2H])c1[2H]. The van der Waals surface area contributed by atoms with Gasteiger partial charge in [0, 0.05) is 51.3 Å². The summed E-state index contributed by atoms with van der Waals surface area (Å²) < 4.78 is 61.0. The smallest absolute Gasteiger partial charge is 0.145 e. The van der Waals surface area contributed by atoms with Crippen LogP contribution in [0.1, 0.15) is 97.0 Å². The van der Waals surface area contributed by atoms with E-state index in [1.165, 1.54) is 16.7 Å². The van der Waals surface area contributed by atoms with E-state index in [0.717, 1.165) is 94.6 Å². The summed E-state index contributed by atoms with van der Waals surface area (Å²) >= 11 is 0. The van der Waals surface area contributed by atoms with Crippen LogP contribution in [-0.4, -0.2) is 16.2 Å². The highest BCUT2D eigenvalue weighted by atomic mass is 16.5. The van der Waals surface area contributed by atoms with E-state index in [4.69, 9.17) is 18.3 Å². The summed E-state index contributed by atoms with van der Waals surface area (Å²) in [5, 5.41) is 4.16. The van der Waals surface area contributed by atoms with Crippen molar-refractivity contribution in [1.82, 2.24) is 9.55 Å². The summed E-state index contributed by atoms with van der Waals surface area (Å²) in [6.07, 6.45) is 1.89. The molecule has 0 amide bonds. The molecule has 0 atom stereocenters. The molecule has 368 valence electrons. The maximum Gasteiger partial charge on any atom is 0.145 e. The van der Waals surface area contributed by atoms with Crippen LogP contribution in [0.25, 0.3) is 71.8 Å². The number of anilines is 4. The molecule has 4 heterocycles. The molecule has 3 aromatic heterocycles. The maximum absolute atomic E-state index is 9.42. The number of fused-ring (bicyclic) bond motifs is 8. The fourth-order valence-electron chi connectivity index (χ4n) is 11.0. The van der Waals surface area contributed by atoms with E-state index in [9.17, 15) is 2.74 Å². The van der Waals surface area contributed by atoms with Gasteiger partial charge in [0.05, 0.1) is 40.3 Å². The van der Waals surface area contributed by atoms with E-state index in [-0.39, 0.29) is 46.0 Å². The number of benzene rings is 8. The molecule has 74 heavy (non-hydrogen) atoms. The molecule has 0 spiro atoms. The van der Waals surface area contributed by atoms with Crippen LogP contribution in [0.15, 0.2) is 180 Å². The number of pyridine rings is 1. The highest BCUT2D eigenvalue weighted by molar-refractivity contribution is 6.24. The van der Waals surface area contributed by atoms with Crippen LogP contribution in [0.4, 0.5) is 22.7 Å². The topological polar surface area (TPSA) is 46.7 Å². The molecule has 8 aromatic carbocycles. The summed E-state index contributed by atoms with van der Waals surface area (Å²) in [6.45, 7) is 24.5. The van der Waals surface area contributed by atoms with Gasteiger partial charge in [-0.25, -0.2) is 4.98 Å². The highest BCUT2D eigenvalue weighted by Gasteiger charge is 2.34.